The highest BCUT2D eigenvalue weighted by Gasteiger charge is 2.28. The largest absolute Gasteiger partial charge is 0.444 e. The Labute approximate surface area is 147 Å². The van der Waals surface area contributed by atoms with Gasteiger partial charge in [0.05, 0.1) is 12.6 Å². The van der Waals surface area contributed by atoms with Crippen LogP contribution in [0.5, 0.6) is 0 Å². The summed E-state index contributed by atoms with van der Waals surface area (Å²) >= 11 is 0. The number of carbonyl (C=O) groups is 1. The Kier molecular flexibility index (Phi) is 5.66. The molecule has 0 aliphatic carbocycles. The average molecular weight is 347 g/mol. The lowest BCUT2D eigenvalue weighted by Gasteiger charge is -2.25. The molecular weight excluding hydrogens is 322 g/mol. The van der Waals surface area contributed by atoms with E-state index in [0.29, 0.717) is 12.4 Å². The van der Waals surface area contributed by atoms with Gasteiger partial charge in [-0.25, -0.2) is 9.59 Å². The first-order chi connectivity index (χ1) is 11.7. The van der Waals surface area contributed by atoms with Crippen molar-refractivity contribution in [2.45, 2.75) is 52.8 Å². The highest BCUT2D eigenvalue weighted by molar-refractivity contribution is 5.68. The minimum atomic E-state index is -0.612. The number of rotatable bonds is 5. The van der Waals surface area contributed by atoms with Crippen LogP contribution in [0.4, 0.5) is 4.79 Å². The van der Waals surface area contributed by atoms with Crippen LogP contribution >= 0.6 is 0 Å². The molecule has 25 heavy (non-hydrogen) atoms. The Morgan fingerprint density at radius 2 is 1.92 bits per heavy atom. The maximum Gasteiger partial charge on any atom is 0.441 e. The van der Waals surface area contributed by atoms with Crippen molar-refractivity contribution >= 4 is 6.09 Å². The molecule has 1 aromatic heterocycles. The van der Waals surface area contributed by atoms with Crippen LogP contribution in [-0.4, -0.2) is 21.4 Å². The van der Waals surface area contributed by atoms with Gasteiger partial charge in [-0.05, 0) is 32.3 Å². The molecule has 0 radical (unpaired) electrons. The minimum absolute atomic E-state index is 0.0148. The quantitative estimate of drug-likeness (QED) is 0.898. The first kappa shape index (κ1) is 18.8. The van der Waals surface area contributed by atoms with Crippen molar-refractivity contribution in [3.63, 3.8) is 0 Å². The van der Waals surface area contributed by atoms with E-state index in [1.165, 1.54) is 4.57 Å². The van der Waals surface area contributed by atoms with Gasteiger partial charge < -0.3 is 10.1 Å². The van der Waals surface area contributed by atoms with Crippen LogP contribution < -0.4 is 11.1 Å². The van der Waals surface area contributed by atoms with Crippen LogP contribution in [0.1, 0.15) is 52.0 Å². The molecule has 1 amide bonds. The van der Waals surface area contributed by atoms with Crippen molar-refractivity contribution in [3.05, 3.63) is 52.3 Å². The number of aromatic nitrogens is 2. The number of hydrogen-bond donors (Lipinski definition) is 1. The number of nitrogens with one attached hydrogen (secondary N) is 1. The zero-order chi connectivity index (χ0) is 18.6. The van der Waals surface area contributed by atoms with Crippen molar-refractivity contribution in [2.24, 2.45) is 5.92 Å². The van der Waals surface area contributed by atoms with Crippen molar-refractivity contribution in [2.75, 3.05) is 0 Å². The first-order valence-corrected chi connectivity index (χ1v) is 8.27. The Morgan fingerprint density at radius 1 is 1.28 bits per heavy atom. The van der Waals surface area contributed by atoms with E-state index in [4.69, 9.17) is 9.26 Å². The van der Waals surface area contributed by atoms with Crippen LogP contribution in [0, 0.1) is 5.92 Å². The summed E-state index contributed by atoms with van der Waals surface area (Å²) in [5.74, 6) is -0.204. The van der Waals surface area contributed by atoms with E-state index in [0.717, 1.165) is 5.56 Å². The maximum absolute atomic E-state index is 12.1. The SMILES string of the molecule is CC(C)C(NC(=O)OC(C)(C)C)c1noc(=O)n1Cc1ccccc1. The van der Waals surface area contributed by atoms with E-state index in [-0.39, 0.29) is 5.92 Å². The third-order valence-corrected chi connectivity index (χ3v) is 3.51. The second kappa shape index (κ2) is 7.55. The lowest BCUT2D eigenvalue weighted by molar-refractivity contribution is 0.0484. The molecule has 1 unspecified atom stereocenters. The molecule has 0 saturated heterocycles. The van der Waals surface area contributed by atoms with E-state index in [1.807, 2.05) is 44.2 Å². The fourth-order valence-corrected chi connectivity index (χ4v) is 2.38. The fourth-order valence-electron chi connectivity index (χ4n) is 2.38. The molecule has 1 heterocycles. The second-order valence-corrected chi connectivity index (χ2v) is 7.25. The van der Waals surface area contributed by atoms with Crippen molar-refractivity contribution < 1.29 is 14.1 Å². The van der Waals surface area contributed by atoms with Gasteiger partial charge in [0.25, 0.3) is 0 Å². The van der Waals surface area contributed by atoms with Crippen LogP contribution in [0.15, 0.2) is 39.6 Å². The van der Waals surface area contributed by atoms with Crippen LogP contribution in [-0.2, 0) is 11.3 Å². The van der Waals surface area contributed by atoms with Gasteiger partial charge in [0.1, 0.15) is 5.60 Å². The normalized spacial score (nSPS) is 12.9. The third kappa shape index (κ3) is 5.20. The molecule has 7 heteroatoms. The molecule has 0 fully saturated rings. The van der Waals surface area contributed by atoms with Crippen molar-refractivity contribution in [1.82, 2.24) is 15.0 Å². The van der Waals surface area contributed by atoms with Crippen molar-refractivity contribution in [1.29, 1.82) is 0 Å². The molecule has 0 aliphatic heterocycles. The van der Waals surface area contributed by atoms with Gasteiger partial charge in [0, 0.05) is 0 Å². The Morgan fingerprint density at radius 3 is 2.48 bits per heavy atom. The van der Waals surface area contributed by atoms with E-state index in [2.05, 4.69) is 10.5 Å². The van der Waals surface area contributed by atoms with E-state index >= 15 is 0 Å². The molecule has 7 nitrogen and oxygen atoms in total. The number of hydrogen-bond acceptors (Lipinski definition) is 5. The number of amides is 1. The monoisotopic (exact) mass is 347 g/mol. The number of carbonyl (C=O) groups excluding carboxylic acids is 1. The van der Waals surface area contributed by atoms with Gasteiger partial charge in [-0.15, -0.1) is 0 Å². The zero-order valence-corrected chi connectivity index (χ0v) is 15.3. The molecule has 1 N–H and O–H groups in total. The second-order valence-electron chi connectivity index (χ2n) is 7.25. The summed E-state index contributed by atoms with van der Waals surface area (Å²) in [6.45, 7) is 9.54. The summed E-state index contributed by atoms with van der Waals surface area (Å²) in [5.41, 5.74) is 0.327. The molecule has 2 rings (SSSR count). The predicted molar refractivity (Wildman–Crippen MR) is 93.3 cm³/mol. The van der Waals surface area contributed by atoms with Gasteiger partial charge in [-0.2, -0.15) is 0 Å². The number of nitrogens with zero attached hydrogens (tertiary/aromatic N) is 2. The van der Waals surface area contributed by atoms with E-state index in [1.54, 1.807) is 20.8 Å². The smallest absolute Gasteiger partial charge is 0.441 e. The van der Waals surface area contributed by atoms with Crippen LogP contribution in [0.25, 0.3) is 0 Å². The topological polar surface area (TPSA) is 86.4 Å². The Hall–Kier alpha value is -2.57. The number of benzene rings is 1. The van der Waals surface area contributed by atoms with E-state index < -0.39 is 23.5 Å². The van der Waals surface area contributed by atoms with Gasteiger partial charge in [-0.3, -0.25) is 9.09 Å². The van der Waals surface area contributed by atoms with Gasteiger partial charge in [0.2, 0.25) is 0 Å². The molecule has 1 aromatic carbocycles. The molecule has 0 bridgehead atoms. The zero-order valence-electron chi connectivity index (χ0n) is 15.3. The summed E-state index contributed by atoms with van der Waals surface area (Å²) in [6, 6.07) is 9.01. The number of alkyl carbamates (subject to hydrolysis) is 1. The van der Waals surface area contributed by atoms with Crippen molar-refractivity contribution in [3.8, 4) is 0 Å². The third-order valence-electron chi connectivity index (χ3n) is 3.51. The summed E-state index contributed by atoms with van der Waals surface area (Å²) in [6.07, 6.45) is -0.562. The van der Waals surface area contributed by atoms with Gasteiger partial charge in [0.15, 0.2) is 5.82 Å². The highest BCUT2D eigenvalue weighted by atomic mass is 16.6. The Balaban J connectivity index is 2.27. The fraction of sp³-hybridized carbons (Fsp3) is 0.500. The maximum atomic E-state index is 12.1. The molecule has 1 atom stereocenters. The molecule has 2 aromatic rings. The van der Waals surface area contributed by atoms with Crippen LogP contribution in [0.3, 0.4) is 0 Å². The van der Waals surface area contributed by atoms with E-state index in [9.17, 15) is 9.59 Å². The Bertz CT molecular complexity index is 757. The number of ether oxygens (including phenoxy) is 1. The minimum Gasteiger partial charge on any atom is -0.444 e. The highest BCUT2D eigenvalue weighted by Crippen LogP contribution is 2.21. The molecule has 0 aliphatic rings. The van der Waals surface area contributed by atoms with Crippen LogP contribution in [0.2, 0.25) is 0 Å². The molecule has 0 spiro atoms. The summed E-state index contributed by atoms with van der Waals surface area (Å²) in [7, 11) is 0. The lowest BCUT2D eigenvalue weighted by Crippen LogP contribution is -2.38. The molecule has 136 valence electrons. The summed E-state index contributed by atoms with van der Waals surface area (Å²) in [4.78, 5) is 24.2. The molecular formula is C18H25N3O4. The molecule has 0 saturated carbocycles. The standard InChI is InChI=1S/C18H25N3O4/c1-12(2)14(19-16(22)24-18(3,4)5)15-20-25-17(23)21(15)11-13-9-7-6-8-10-13/h6-10,12,14H,11H2,1-5H3,(H,19,22). The van der Waals surface area contributed by atoms with Gasteiger partial charge >= 0.3 is 11.8 Å². The van der Waals surface area contributed by atoms with Gasteiger partial charge in [-0.1, -0.05) is 49.3 Å². The average Bonchev–Trinajstić information content (AvgIpc) is 2.85. The lowest BCUT2D eigenvalue weighted by atomic mass is 10.0. The summed E-state index contributed by atoms with van der Waals surface area (Å²) in [5, 5.41) is 6.67. The summed E-state index contributed by atoms with van der Waals surface area (Å²) < 4.78 is 11.6. The first-order valence-electron chi connectivity index (χ1n) is 8.27. The predicted octanol–water partition coefficient (Wildman–Crippen LogP) is 3.11.